The van der Waals surface area contributed by atoms with Crippen molar-refractivity contribution in [3.63, 3.8) is 0 Å². The first kappa shape index (κ1) is 21.4. The number of nitrogens with one attached hydrogen (secondary N) is 2. The minimum Gasteiger partial charge on any atom is -0.488 e. The van der Waals surface area contributed by atoms with Crippen LogP contribution in [0.15, 0.2) is 29.3 Å². The molecule has 10 heteroatoms. The fraction of sp³-hybridized carbons (Fsp3) is 0.300. The van der Waals surface area contributed by atoms with Gasteiger partial charge in [0.05, 0.1) is 17.7 Å². The molecule has 2 aromatic rings. The Morgan fingerprint density at radius 3 is 2.87 bits per heavy atom. The Balaban J connectivity index is 1.96. The summed E-state index contributed by atoms with van der Waals surface area (Å²) in [5, 5.41) is 21.9. The Morgan fingerprint density at radius 1 is 1.47 bits per heavy atom. The number of ether oxygens (including phenoxy) is 1. The van der Waals surface area contributed by atoms with E-state index < -0.39 is 28.1 Å². The number of rotatable bonds is 3. The summed E-state index contributed by atoms with van der Waals surface area (Å²) in [5.41, 5.74) is 1.56. The summed E-state index contributed by atoms with van der Waals surface area (Å²) in [7, 11) is -2.54. The number of aliphatic hydroxyl groups is 1. The van der Waals surface area contributed by atoms with E-state index >= 15 is 0 Å². The minimum atomic E-state index is -4.06. The lowest BCUT2D eigenvalue weighted by molar-refractivity contribution is 0.101. The molecule has 30 heavy (non-hydrogen) atoms. The summed E-state index contributed by atoms with van der Waals surface area (Å²) < 4.78 is 34.8. The van der Waals surface area contributed by atoms with Gasteiger partial charge < -0.3 is 19.7 Å². The van der Waals surface area contributed by atoms with Crippen LogP contribution in [-0.2, 0) is 17.1 Å². The molecule has 0 saturated heterocycles. The van der Waals surface area contributed by atoms with Crippen molar-refractivity contribution in [1.29, 1.82) is 5.26 Å². The van der Waals surface area contributed by atoms with Gasteiger partial charge in [0.2, 0.25) is 10.0 Å². The lowest BCUT2D eigenvalue weighted by Gasteiger charge is -2.17. The Morgan fingerprint density at radius 2 is 2.20 bits per heavy atom. The molecular formula is C20H20N4O5S. The molecule has 0 bridgehead atoms. The van der Waals surface area contributed by atoms with E-state index in [-0.39, 0.29) is 22.9 Å². The average Bonchev–Trinajstić information content (AvgIpc) is 2.97. The monoisotopic (exact) mass is 428 g/mol. The smallest absolute Gasteiger partial charge is 0.276 e. The molecule has 2 atom stereocenters. The van der Waals surface area contributed by atoms with E-state index in [2.05, 4.69) is 21.9 Å². The highest BCUT2D eigenvalue weighted by molar-refractivity contribution is 7.89. The van der Waals surface area contributed by atoms with Crippen LogP contribution in [0, 0.1) is 30.1 Å². The van der Waals surface area contributed by atoms with Crippen LogP contribution in [0.2, 0.25) is 0 Å². The first-order chi connectivity index (χ1) is 14.2. The zero-order valence-electron chi connectivity index (χ0n) is 16.6. The van der Waals surface area contributed by atoms with Crippen molar-refractivity contribution < 1.29 is 23.1 Å². The van der Waals surface area contributed by atoms with Crippen molar-refractivity contribution in [2.75, 3.05) is 11.9 Å². The van der Waals surface area contributed by atoms with Crippen LogP contribution >= 0.6 is 0 Å². The first-order valence-corrected chi connectivity index (χ1v) is 10.4. The number of amides is 1. The molecule has 0 radical (unpaired) electrons. The highest BCUT2D eigenvalue weighted by Gasteiger charge is 2.36. The molecule has 156 valence electrons. The van der Waals surface area contributed by atoms with Gasteiger partial charge in [-0.1, -0.05) is 12.0 Å². The third-order valence-electron chi connectivity index (χ3n) is 4.61. The van der Waals surface area contributed by atoms with Crippen LogP contribution in [0.5, 0.6) is 5.75 Å². The predicted octanol–water partition coefficient (Wildman–Crippen LogP) is 0.881. The van der Waals surface area contributed by atoms with Crippen LogP contribution in [-0.4, -0.2) is 42.8 Å². The van der Waals surface area contributed by atoms with E-state index in [1.54, 1.807) is 19.1 Å². The van der Waals surface area contributed by atoms with Gasteiger partial charge in [-0.15, -0.1) is 5.92 Å². The summed E-state index contributed by atoms with van der Waals surface area (Å²) in [5.74, 6) is 4.29. The van der Waals surface area contributed by atoms with Gasteiger partial charge in [-0.3, -0.25) is 4.79 Å². The molecule has 0 aliphatic carbocycles. The zero-order chi connectivity index (χ0) is 22.1. The Hall–Kier alpha value is -3.31. The average molecular weight is 428 g/mol. The number of benzene rings is 1. The third-order valence-corrected chi connectivity index (χ3v) is 6.09. The number of nitriles is 1. The van der Waals surface area contributed by atoms with E-state index in [1.807, 2.05) is 6.07 Å². The highest BCUT2D eigenvalue weighted by Crippen LogP contribution is 2.33. The van der Waals surface area contributed by atoms with Crippen LogP contribution in [0.1, 0.15) is 28.5 Å². The molecule has 1 aliphatic rings. The van der Waals surface area contributed by atoms with Crippen LogP contribution in [0.25, 0.3) is 0 Å². The second-order valence-corrected chi connectivity index (χ2v) is 8.44. The lowest BCUT2D eigenvalue weighted by atomic mass is 10.1. The number of carbonyl (C=O) groups excluding carboxylic acids is 1. The molecule has 2 heterocycles. The van der Waals surface area contributed by atoms with E-state index in [9.17, 15) is 18.3 Å². The second kappa shape index (κ2) is 8.20. The molecule has 0 saturated carbocycles. The van der Waals surface area contributed by atoms with Gasteiger partial charge in [0, 0.05) is 18.9 Å². The molecule has 1 aromatic heterocycles. The molecular weight excluding hydrogens is 408 g/mol. The predicted molar refractivity (Wildman–Crippen MR) is 108 cm³/mol. The summed E-state index contributed by atoms with van der Waals surface area (Å²) in [6.07, 6.45) is -0.000324. The number of carbonyl (C=O) groups is 1. The number of fused-ring (bicyclic) bond motifs is 1. The summed E-state index contributed by atoms with van der Waals surface area (Å²) >= 11 is 0. The number of hydrogen-bond acceptors (Lipinski definition) is 6. The maximum absolute atomic E-state index is 12.9. The van der Waals surface area contributed by atoms with E-state index in [0.29, 0.717) is 11.3 Å². The first-order valence-electron chi connectivity index (χ1n) is 8.94. The van der Waals surface area contributed by atoms with Crippen molar-refractivity contribution in [3.8, 4) is 23.7 Å². The molecule has 0 spiro atoms. The van der Waals surface area contributed by atoms with Gasteiger partial charge in [-0.25, -0.2) is 13.1 Å². The number of hydrogen-bond donors (Lipinski definition) is 3. The van der Waals surface area contributed by atoms with Crippen molar-refractivity contribution >= 4 is 21.6 Å². The number of nitrogens with zero attached hydrogens (tertiary/aromatic N) is 2. The molecule has 1 aliphatic heterocycles. The Kier molecular flexibility index (Phi) is 5.85. The number of aryl methyl sites for hydroxylation is 2. The Labute approximate surface area is 174 Å². The second-order valence-electron chi connectivity index (χ2n) is 6.76. The van der Waals surface area contributed by atoms with Crippen molar-refractivity contribution in [3.05, 3.63) is 41.2 Å². The fourth-order valence-electron chi connectivity index (χ4n) is 3.05. The van der Waals surface area contributed by atoms with Crippen LogP contribution < -0.4 is 14.8 Å². The third kappa shape index (κ3) is 4.02. The number of aromatic nitrogens is 1. The largest absolute Gasteiger partial charge is 0.488 e. The maximum atomic E-state index is 12.9. The SMILES string of the molecule is CC#C[C@@H](O)[C@H]1COc2c(cn(C)c2C(=O)Nc2ccc(C)c(C#N)c2)S(=O)(=O)N1. The van der Waals surface area contributed by atoms with E-state index in [1.165, 1.54) is 30.8 Å². The molecule has 1 amide bonds. The standard InChI is InChI=1S/C20H20N4O5S/c1-4-5-16(25)15-11-29-19-17(30(27,28)23-15)10-24(3)18(19)20(26)22-14-7-6-12(2)13(8-14)9-21/h6-8,10,15-16,23,25H,11H2,1-3H3,(H,22,26)/t15-,16-/m1/s1. The topological polar surface area (TPSA) is 133 Å². The number of aliphatic hydroxyl groups excluding tert-OH is 1. The molecule has 0 unspecified atom stereocenters. The van der Waals surface area contributed by atoms with Crippen LogP contribution in [0.3, 0.4) is 0 Å². The minimum absolute atomic E-state index is 0.00817. The fourth-order valence-corrected chi connectivity index (χ4v) is 4.47. The summed E-state index contributed by atoms with van der Waals surface area (Å²) in [4.78, 5) is 12.7. The molecule has 1 aromatic carbocycles. The van der Waals surface area contributed by atoms with Gasteiger partial charge in [-0.05, 0) is 31.5 Å². The molecule has 9 nitrogen and oxygen atoms in total. The van der Waals surface area contributed by atoms with Gasteiger partial charge in [-0.2, -0.15) is 5.26 Å². The van der Waals surface area contributed by atoms with Gasteiger partial charge >= 0.3 is 0 Å². The molecule has 3 N–H and O–H groups in total. The Bertz CT molecular complexity index is 1210. The van der Waals surface area contributed by atoms with Crippen molar-refractivity contribution in [1.82, 2.24) is 9.29 Å². The molecule has 0 fully saturated rings. The van der Waals surface area contributed by atoms with E-state index in [0.717, 1.165) is 5.56 Å². The maximum Gasteiger partial charge on any atom is 0.276 e. The van der Waals surface area contributed by atoms with Gasteiger partial charge in [0.15, 0.2) is 11.4 Å². The number of anilines is 1. The summed E-state index contributed by atoms with van der Waals surface area (Å²) in [6.45, 7) is 3.09. The van der Waals surface area contributed by atoms with Gasteiger partial charge in [0.25, 0.3) is 5.91 Å². The normalized spacial score (nSPS) is 17.9. The van der Waals surface area contributed by atoms with Gasteiger partial charge in [0.1, 0.15) is 17.6 Å². The van der Waals surface area contributed by atoms with Crippen molar-refractivity contribution in [2.45, 2.75) is 30.9 Å². The lowest BCUT2D eigenvalue weighted by Crippen LogP contribution is -2.45. The van der Waals surface area contributed by atoms with E-state index in [4.69, 9.17) is 10.00 Å². The van der Waals surface area contributed by atoms with Crippen molar-refractivity contribution in [2.24, 2.45) is 7.05 Å². The van der Waals surface area contributed by atoms with Crippen LogP contribution in [0.4, 0.5) is 5.69 Å². The molecule has 3 rings (SSSR count). The quantitative estimate of drug-likeness (QED) is 0.622. The number of sulfonamides is 1. The highest BCUT2D eigenvalue weighted by atomic mass is 32.2. The summed E-state index contributed by atoms with van der Waals surface area (Å²) in [6, 6.07) is 5.93. The zero-order valence-corrected chi connectivity index (χ0v) is 17.4.